The summed E-state index contributed by atoms with van der Waals surface area (Å²) in [6.07, 6.45) is 0. The number of hydrogen-bond acceptors (Lipinski definition) is 3. The van der Waals surface area contributed by atoms with Crippen LogP contribution in [0.3, 0.4) is 0 Å². The monoisotopic (exact) mass is 247 g/mol. The Morgan fingerprint density at radius 3 is 3.12 bits per heavy atom. The molecule has 1 fully saturated rings. The Bertz CT molecular complexity index is 514. The Balaban J connectivity index is 2.08. The first-order valence-corrected chi connectivity index (χ1v) is 7.32. The van der Waals surface area contributed by atoms with Crippen LogP contribution in [0.4, 0.5) is 0 Å². The highest BCUT2D eigenvalue weighted by Crippen LogP contribution is 2.25. The SMILES string of the molecule is CCn1c(C2CSCCN2)nc2ccccc21. The van der Waals surface area contributed by atoms with E-state index < -0.39 is 0 Å². The summed E-state index contributed by atoms with van der Waals surface area (Å²) in [4.78, 5) is 4.79. The molecule has 1 aliphatic rings. The van der Waals surface area contributed by atoms with Gasteiger partial charge in [0.2, 0.25) is 0 Å². The van der Waals surface area contributed by atoms with Gasteiger partial charge in [0.15, 0.2) is 0 Å². The third-order valence-electron chi connectivity index (χ3n) is 3.23. The zero-order valence-electron chi connectivity index (χ0n) is 10.0. The number of thioether (sulfide) groups is 1. The topological polar surface area (TPSA) is 29.9 Å². The molecule has 3 nitrogen and oxygen atoms in total. The Labute approximate surface area is 106 Å². The molecule has 4 heteroatoms. The van der Waals surface area contributed by atoms with E-state index in [1.54, 1.807) is 0 Å². The molecule has 0 spiro atoms. The van der Waals surface area contributed by atoms with Crippen LogP contribution in [0.15, 0.2) is 24.3 Å². The predicted octanol–water partition coefficient (Wildman–Crippen LogP) is 2.43. The van der Waals surface area contributed by atoms with Crippen molar-refractivity contribution in [3.63, 3.8) is 0 Å². The zero-order chi connectivity index (χ0) is 11.7. The molecule has 0 bridgehead atoms. The highest BCUT2D eigenvalue weighted by atomic mass is 32.2. The van der Waals surface area contributed by atoms with Crippen LogP contribution in [-0.2, 0) is 6.54 Å². The van der Waals surface area contributed by atoms with Crippen LogP contribution in [-0.4, -0.2) is 27.6 Å². The molecule has 1 unspecified atom stereocenters. The number of para-hydroxylation sites is 2. The third kappa shape index (κ3) is 1.96. The van der Waals surface area contributed by atoms with Crippen molar-refractivity contribution in [1.82, 2.24) is 14.9 Å². The molecule has 2 aromatic rings. The standard InChI is InChI=1S/C13H17N3S/c1-2-16-12-6-4-3-5-10(12)15-13(16)11-9-17-8-7-14-11/h3-6,11,14H,2,7-9H2,1H3. The summed E-state index contributed by atoms with van der Waals surface area (Å²) < 4.78 is 2.33. The number of hydrogen-bond donors (Lipinski definition) is 1. The summed E-state index contributed by atoms with van der Waals surface area (Å²) in [6.45, 7) is 4.26. The van der Waals surface area contributed by atoms with Gasteiger partial charge < -0.3 is 9.88 Å². The van der Waals surface area contributed by atoms with Gasteiger partial charge in [-0.05, 0) is 19.1 Å². The molecule has 1 aromatic heterocycles. The molecule has 1 aromatic carbocycles. The lowest BCUT2D eigenvalue weighted by atomic mass is 10.3. The molecule has 3 rings (SSSR count). The van der Waals surface area contributed by atoms with E-state index in [1.165, 1.54) is 17.1 Å². The van der Waals surface area contributed by atoms with Crippen molar-refractivity contribution in [2.24, 2.45) is 0 Å². The van der Waals surface area contributed by atoms with E-state index in [2.05, 4.69) is 41.1 Å². The van der Waals surface area contributed by atoms with Crippen LogP contribution in [0.2, 0.25) is 0 Å². The molecule has 1 atom stereocenters. The number of benzene rings is 1. The van der Waals surface area contributed by atoms with Gasteiger partial charge in [0.25, 0.3) is 0 Å². The van der Waals surface area contributed by atoms with Crippen molar-refractivity contribution >= 4 is 22.8 Å². The normalized spacial score (nSPS) is 20.9. The smallest absolute Gasteiger partial charge is 0.127 e. The number of rotatable bonds is 2. The van der Waals surface area contributed by atoms with Crippen molar-refractivity contribution in [3.05, 3.63) is 30.1 Å². The molecule has 1 N–H and O–H groups in total. The van der Waals surface area contributed by atoms with E-state index in [0.717, 1.165) is 24.4 Å². The van der Waals surface area contributed by atoms with Gasteiger partial charge in [-0.3, -0.25) is 0 Å². The molecule has 2 heterocycles. The molecule has 90 valence electrons. The van der Waals surface area contributed by atoms with Crippen LogP contribution >= 0.6 is 11.8 Å². The largest absolute Gasteiger partial charge is 0.327 e. The fourth-order valence-corrected chi connectivity index (χ4v) is 3.36. The predicted molar refractivity (Wildman–Crippen MR) is 73.5 cm³/mol. The molecule has 1 saturated heterocycles. The van der Waals surface area contributed by atoms with Gasteiger partial charge >= 0.3 is 0 Å². The summed E-state index contributed by atoms with van der Waals surface area (Å²) in [5.74, 6) is 3.53. The number of nitrogens with zero attached hydrogens (tertiary/aromatic N) is 2. The van der Waals surface area contributed by atoms with Gasteiger partial charge in [-0.15, -0.1) is 0 Å². The van der Waals surface area contributed by atoms with E-state index in [4.69, 9.17) is 4.98 Å². The molecule has 0 saturated carbocycles. The van der Waals surface area contributed by atoms with Gasteiger partial charge in [-0.25, -0.2) is 4.98 Å². The lowest BCUT2D eigenvalue weighted by Crippen LogP contribution is -2.32. The number of imidazole rings is 1. The van der Waals surface area contributed by atoms with Gasteiger partial charge in [0, 0.05) is 24.6 Å². The highest BCUT2D eigenvalue weighted by Gasteiger charge is 2.21. The van der Waals surface area contributed by atoms with E-state index in [1.807, 2.05) is 11.8 Å². The molecule has 0 radical (unpaired) electrons. The number of fused-ring (bicyclic) bond motifs is 1. The minimum atomic E-state index is 0.404. The minimum Gasteiger partial charge on any atom is -0.327 e. The molecule has 0 aliphatic carbocycles. The van der Waals surface area contributed by atoms with Crippen LogP contribution in [0.25, 0.3) is 11.0 Å². The lowest BCUT2D eigenvalue weighted by Gasteiger charge is -2.23. The van der Waals surface area contributed by atoms with Crippen molar-refractivity contribution in [3.8, 4) is 0 Å². The van der Waals surface area contributed by atoms with Crippen molar-refractivity contribution in [1.29, 1.82) is 0 Å². The lowest BCUT2D eigenvalue weighted by molar-refractivity contribution is 0.536. The fourth-order valence-electron chi connectivity index (χ4n) is 2.42. The van der Waals surface area contributed by atoms with Gasteiger partial charge in [-0.1, -0.05) is 12.1 Å². The second-order valence-electron chi connectivity index (χ2n) is 4.28. The van der Waals surface area contributed by atoms with Crippen molar-refractivity contribution in [2.45, 2.75) is 19.5 Å². The Morgan fingerprint density at radius 1 is 1.47 bits per heavy atom. The van der Waals surface area contributed by atoms with E-state index >= 15 is 0 Å². The molecule has 1 aliphatic heterocycles. The third-order valence-corrected chi connectivity index (χ3v) is 4.30. The second kappa shape index (κ2) is 4.70. The summed E-state index contributed by atoms with van der Waals surface area (Å²) >= 11 is 2.01. The maximum absolute atomic E-state index is 4.79. The van der Waals surface area contributed by atoms with Crippen LogP contribution < -0.4 is 5.32 Å². The highest BCUT2D eigenvalue weighted by molar-refractivity contribution is 7.99. The molecule has 0 amide bonds. The Kier molecular flexibility index (Phi) is 3.07. The molecule has 17 heavy (non-hydrogen) atoms. The van der Waals surface area contributed by atoms with Gasteiger partial charge in [-0.2, -0.15) is 11.8 Å². The number of nitrogens with one attached hydrogen (secondary N) is 1. The maximum Gasteiger partial charge on any atom is 0.127 e. The van der Waals surface area contributed by atoms with E-state index in [9.17, 15) is 0 Å². The first-order chi connectivity index (χ1) is 8.40. The average molecular weight is 247 g/mol. The van der Waals surface area contributed by atoms with Crippen molar-refractivity contribution in [2.75, 3.05) is 18.1 Å². The number of aromatic nitrogens is 2. The zero-order valence-corrected chi connectivity index (χ0v) is 10.8. The molecular formula is C13H17N3S. The van der Waals surface area contributed by atoms with Crippen LogP contribution in [0.1, 0.15) is 18.8 Å². The van der Waals surface area contributed by atoms with E-state index in [-0.39, 0.29) is 0 Å². The fraction of sp³-hybridized carbons (Fsp3) is 0.462. The summed E-state index contributed by atoms with van der Waals surface area (Å²) in [5.41, 5.74) is 2.36. The van der Waals surface area contributed by atoms with Gasteiger partial charge in [0.1, 0.15) is 5.82 Å². The van der Waals surface area contributed by atoms with Crippen LogP contribution in [0, 0.1) is 0 Å². The van der Waals surface area contributed by atoms with Gasteiger partial charge in [0.05, 0.1) is 17.1 Å². The second-order valence-corrected chi connectivity index (χ2v) is 5.43. The molecular weight excluding hydrogens is 230 g/mol. The maximum atomic E-state index is 4.79. The Hall–Kier alpha value is -1.00. The minimum absolute atomic E-state index is 0.404. The summed E-state index contributed by atoms with van der Waals surface area (Å²) in [5, 5.41) is 3.57. The quantitative estimate of drug-likeness (QED) is 0.884. The summed E-state index contributed by atoms with van der Waals surface area (Å²) in [7, 11) is 0. The average Bonchev–Trinajstić information content (AvgIpc) is 2.78. The first-order valence-electron chi connectivity index (χ1n) is 6.16. The van der Waals surface area contributed by atoms with E-state index in [0.29, 0.717) is 6.04 Å². The Morgan fingerprint density at radius 2 is 2.35 bits per heavy atom. The van der Waals surface area contributed by atoms with Crippen molar-refractivity contribution < 1.29 is 0 Å². The van der Waals surface area contributed by atoms with Crippen LogP contribution in [0.5, 0.6) is 0 Å². The summed E-state index contributed by atoms with van der Waals surface area (Å²) in [6, 6.07) is 8.80. The number of aryl methyl sites for hydroxylation is 1. The first kappa shape index (κ1) is 11.1.